The lowest BCUT2D eigenvalue weighted by Crippen LogP contribution is -2.40. The Balaban J connectivity index is 0.000000269. The number of fused-ring (bicyclic) bond motifs is 2. The number of carbonyl (C=O) groups excluding carboxylic acids is 1. The van der Waals surface area contributed by atoms with Gasteiger partial charge >= 0.3 is 0 Å². The van der Waals surface area contributed by atoms with Gasteiger partial charge in [-0.05, 0) is 67.9 Å². The van der Waals surface area contributed by atoms with Crippen molar-refractivity contribution in [1.82, 2.24) is 28.5 Å². The van der Waals surface area contributed by atoms with Gasteiger partial charge < -0.3 is 9.47 Å². The van der Waals surface area contributed by atoms with Crippen LogP contribution in [0.15, 0.2) is 49.1 Å². The first-order chi connectivity index (χ1) is 20.2. The molecule has 1 aliphatic carbocycles. The second-order valence-electron chi connectivity index (χ2n) is 11.7. The quantitative estimate of drug-likeness (QED) is 0.361. The molecule has 1 saturated carbocycles. The first-order valence-corrected chi connectivity index (χ1v) is 16.4. The number of hydrogen-bond acceptors (Lipinski definition) is 5. The normalized spacial score (nSPS) is 17.3. The molecule has 3 aromatic heterocycles. The first kappa shape index (κ1) is 28.6. The zero-order chi connectivity index (χ0) is 29.4. The van der Waals surface area contributed by atoms with Crippen molar-refractivity contribution < 1.29 is 13.2 Å². The van der Waals surface area contributed by atoms with Crippen molar-refractivity contribution in [3.63, 3.8) is 0 Å². The molecule has 1 aromatic carbocycles. The SMILES string of the molecule is CCc1ccncc1-c1cc(C(=O)N2Cc3cnn(C)c3C2)cc2ccn(CC3CC3)c12.NS(=O)(=O)N1CCCCC1. The Labute approximate surface area is 247 Å². The predicted octanol–water partition coefficient (Wildman–Crippen LogP) is 4.24. The third-order valence-electron chi connectivity index (χ3n) is 8.65. The molecule has 222 valence electrons. The highest BCUT2D eigenvalue weighted by atomic mass is 32.2. The van der Waals surface area contributed by atoms with E-state index in [-0.39, 0.29) is 5.91 Å². The van der Waals surface area contributed by atoms with Gasteiger partial charge in [0.25, 0.3) is 16.1 Å². The Morgan fingerprint density at radius 1 is 1.05 bits per heavy atom. The molecule has 1 amide bonds. The smallest absolute Gasteiger partial charge is 0.276 e. The van der Waals surface area contributed by atoms with Gasteiger partial charge in [0.15, 0.2) is 0 Å². The number of aromatic nitrogens is 4. The van der Waals surface area contributed by atoms with Crippen LogP contribution in [-0.2, 0) is 43.3 Å². The van der Waals surface area contributed by atoms with Crippen LogP contribution in [0.25, 0.3) is 22.0 Å². The van der Waals surface area contributed by atoms with Gasteiger partial charge in [-0.15, -0.1) is 0 Å². The lowest BCUT2D eigenvalue weighted by molar-refractivity contribution is 0.0748. The standard InChI is InChI=1S/C26H27N5O.C5H12N2O2S/c1-3-18-6-8-27-13-23(18)22-11-20(10-19-7-9-30(25(19)22)14-17-4-5-17)26(32)31-15-21-12-28-29(2)24(21)16-31;6-10(8,9)7-4-2-1-3-5-7/h6-13,17H,3-5,14-16H2,1-2H3;1-5H2,(H2,6,8,9). The summed E-state index contributed by atoms with van der Waals surface area (Å²) >= 11 is 0. The maximum atomic E-state index is 13.6. The second-order valence-corrected chi connectivity index (χ2v) is 13.2. The van der Waals surface area contributed by atoms with Gasteiger partial charge in [-0.3, -0.25) is 14.5 Å². The number of aryl methyl sites for hydroxylation is 2. The molecule has 42 heavy (non-hydrogen) atoms. The lowest BCUT2D eigenvalue weighted by atomic mass is 9.96. The summed E-state index contributed by atoms with van der Waals surface area (Å²) in [4.78, 5) is 19.9. The van der Waals surface area contributed by atoms with Crippen LogP contribution in [0.1, 0.15) is 66.2 Å². The fraction of sp³-hybridized carbons (Fsp3) is 0.452. The fourth-order valence-corrected chi connectivity index (χ4v) is 6.88. The number of amides is 1. The summed E-state index contributed by atoms with van der Waals surface area (Å²) in [5, 5.41) is 10.3. The third-order valence-corrected chi connectivity index (χ3v) is 9.74. The van der Waals surface area contributed by atoms with Gasteiger partial charge in [-0.2, -0.15) is 17.8 Å². The van der Waals surface area contributed by atoms with Crippen LogP contribution in [0, 0.1) is 5.92 Å². The second kappa shape index (κ2) is 11.6. The molecule has 0 spiro atoms. The number of nitrogens with two attached hydrogens (primary N) is 1. The summed E-state index contributed by atoms with van der Waals surface area (Å²) in [5.74, 6) is 0.845. The van der Waals surface area contributed by atoms with Crippen LogP contribution in [0.4, 0.5) is 0 Å². The number of rotatable bonds is 6. The molecule has 2 aliphatic heterocycles. The molecule has 3 aliphatic rings. The summed E-state index contributed by atoms with van der Waals surface area (Å²) in [5.41, 5.74) is 7.70. The van der Waals surface area contributed by atoms with E-state index in [1.807, 2.05) is 35.2 Å². The topological polar surface area (TPSA) is 119 Å². The van der Waals surface area contributed by atoms with Crippen LogP contribution in [0.5, 0.6) is 0 Å². The molecule has 0 bridgehead atoms. The fourth-order valence-electron chi connectivity index (χ4n) is 6.12. The molecule has 2 fully saturated rings. The van der Waals surface area contributed by atoms with Gasteiger partial charge in [0.2, 0.25) is 0 Å². The molecule has 0 unspecified atom stereocenters. The zero-order valence-electron chi connectivity index (χ0n) is 24.4. The number of carbonyl (C=O) groups is 1. The number of benzene rings is 1. The molecule has 5 heterocycles. The summed E-state index contributed by atoms with van der Waals surface area (Å²) in [6, 6.07) is 8.40. The first-order valence-electron chi connectivity index (χ1n) is 14.9. The minimum Gasteiger partial charge on any atom is -0.347 e. The van der Waals surface area contributed by atoms with Crippen molar-refractivity contribution in [1.29, 1.82) is 0 Å². The molecule has 2 N–H and O–H groups in total. The van der Waals surface area contributed by atoms with Crippen molar-refractivity contribution in [3.05, 3.63) is 71.4 Å². The number of hydrogen-bond donors (Lipinski definition) is 1. The Hall–Kier alpha value is -3.54. The van der Waals surface area contributed by atoms with Crippen LogP contribution >= 0.6 is 0 Å². The Morgan fingerprint density at radius 3 is 2.50 bits per heavy atom. The average molecular weight is 590 g/mol. The van der Waals surface area contributed by atoms with E-state index in [0.29, 0.717) is 26.2 Å². The molecule has 1 saturated heterocycles. The maximum absolute atomic E-state index is 13.6. The lowest BCUT2D eigenvalue weighted by Gasteiger charge is -2.23. The van der Waals surface area contributed by atoms with Crippen LogP contribution in [0.3, 0.4) is 0 Å². The van der Waals surface area contributed by atoms with Crippen molar-refractivity contribution >= 4 is 27.0 Å². The molecular formula is C31H39N7O3S. The Kier molecular flexibility index (Phi) is 7.91. The number of piperidine rings is 1. The largest absolute Gasteiger partial charge is 0.347 e. The molecule has 0 radical (unpaired) electrons. The predicted molar refractivity (Wildman–Crippen MR) is 163 cm³/mol. The van der Waals surface area contributed by atoms with Gasteiger partial charge in [-0.25, -0.2) is 5.14 Å². The van der Waals surface area contributed by atoms with Crippen molar-refractivity contribution in [2.75, 3.05) is 13.1 Å². The molecule has 11 heteroatoms. The monoisotopic (exact) mass is 589 g/mol. The highest BCUT2D eigenvalue weighted by molar-refractivity contribution is 7.86. The highest BCUT2D eigenvalue weighted by Crippen LogP contribution is 2.37. The minimum atomic E-state index is -3.39. The van der Waals surface area contributed by atoms with E-state index >= 15 is 0 Å². The molecule has 7 rings (SSSR count). The van der Waals surface area contributed by atoms with E-state index in [1.54, 1.807) is 0 Å². The number of nitrogens with zero attached hydrogens (tertiary/aromatic N) is 6. The van der Waals surface area contributed by atoms with Crippen molar-refractivity contribution in [2.24, 2.45) is 18.1 Å². The molecule has 0 atom stereocenters. The van der Waals surface area contributed by atoms with Crippen LogP contribution < -0.4 is 5.14 Å². The van der Waals surface area contributed by atoms with Crippen molar-refractivity contribution in [3.8, 4) is 11.1 Å². The molecular weight excluding hydrogens is 550 g/mol. The van der Waals surface area contributed by atoms with E-state index in [9.17, 15) is 13.2 Å². The van der Waals surface area contributed by atoms with Gasteiger partial charge in [0.1, 0.15) is 0 Å². The number of pyridine rings is 1. The third kappa shape index (κ3) is 5.86. The summed E-state index contributed by atoms with van der Waals surface area (Å²) in [7, 11) is -1.45. The van der Waals surface area contributed by atoms with E-state index in [1.165, 1.54) is 28.2 Å². The maximum Gasteiger partial charge on any atom is 0.276 e. The van der Waals surface area contributed by atoms with Crippen LogP contribution in [-0.4, -0.2) is 56.0 Å². The zero-order valence-corrected chi connectivity index (χ0v) is 25.2. The van der Waals surface area contributed by atoms with Crippen LogP contribution in [0.2, 0.25) is 0 Å². The summed E-state index contributed by atoms with van der Waals surface area (Å²) in [6.07, 6.45) is 14.4. The van der Waals surface area contributed by atoms with Gasteiger partial charge in [0, 0.05) is 79.5 Å². The van der Waals surface area contributed by atoms with Gasteiger partial charge in [-0.1, -0.05) is 13.3 Å². The molecule has 10 nitrogen and oxygen atoms in total. The van der Waals surface area contributed by atoms with E-state index in [2.05, 4.69) is 52.0 Å². The van der Waals surface area contributed by atoms with E-state index < -0.39 is 10.2 Å². The summed E-state index contributed by atoms with van der Waals surface area (Å²) < 4.78 is 27.0. The van der Waals surface area contributed by atoms with Gasteiger partial charge in [0.05, 0.1) is 24.0 Å². The average Bonchev–Trinajstić information content (AvgIpc) is 3.40. The molecule has 4 aromatic rings. The summed E-state index contributed by atoms with van der Waals surface area (Å²) in [6.45, 7) is 5.63. The minimum absolute atomic E-state index is 0.0706. The highest BCUT2D eigenvalue weighted by Gasteiger charge is 2.29. The van der Waals surface area contributed by atoms with Crippen molar-refractivity contribution in [2.45, 2.75) is 65.1 Å². The van der Waals surface area contributed by atoms with E-state index in [4.69, 9.17) is 5.14 Å². The van der Waals surface area contributed by atoms with E-state index in [0.717, 1.165) is 71.5 Å². The Morgan fingerprint density at radius 2 is 1.83 bits per heavy atom. The Bertz CT molecular complexity index is 1720.